The van der Waals surface area contributed by atoms with E-state index in [4.69, 9.17) is 0 Å². The molecule has 29 heavy (non-hydrogen) atoms. The smallest absolute Gasteiger partial charge is 0.435 e. The van der Waals surface area contributed by atoms with Crippen LogP contribution in [0.2, 0.25) is 0 Å². The van der Waals surface area contributed by atoms with Crippen LogP contribution in [0.25, 0.3) is 0 Å². The highest BCUT2D eigenvalue weighted by atomic mass is 19.4. The zero-order chi connectivity index (χ0) is 21.9. The summed E-state index contributed by atoms with van der Waals surface area (Å²) >= 11 is 0. The summed E-state index contributed by atoms with van der Waals surface area (Å²) < 4.78 is 91.8. The summed E-state index contributed by atoms with van der Waals surface area (Å²) in [6, 6.07) is 3.38. The molecule has 0 radical (unpaired) electrons. The molecule has 0 saturated carbocycles. The van der Waals surface area contributed by atoms with E-state index in [0.29, 0.717) is 11.0 Å². The molecule has 12 heteroatoms. The van der Waals surface area contributed by atoms with Crippen molar-refractivity contribution in [3.8, 4) is 0 Å². The van der Waals surface area contributed by atoms with Crippen molar-refractivity contribution in [2.75, 3.05) is 4.90 Å². The second kappa shape index (κ2) is 6.16. The number of aromatic nitrogens is 1. The Morgan fingerprint density at radius 2 is 1.52 bits per heavy atom. The third kappa shape index (κ3) is 2.81. The molecule has 1 aliphatic rings. The molecule has 2 amide bonds. The average molecular weight is 422 g/mol. The van der Waals surface area contributed by atoms with Gasteiger partial charge in [0.1, 0.15) is 5.56 Å². The summed E-state index contributed by atoms with van der Waals surface area (Å²) in [6.45, 7) is 1.00. The van der Waals surface area contributed by atoms with Crippen molar-refractivity contribution in [3.05, 3.63) is 64.1 Å². The molecule has 2 heterocycles. The molecule has 0 aliphatic carbocycles. The predicted octanol–water partition coefficient (Wildman–Crippen LogP) is 3.72. The Morgan fingerprint density at radius 1 is 0.931 bits per heavy atom. The molecule has 0 bridgehead atoms. The summed E-state index contributed by atoms with van der Waals surface area (Å²) in [7, 11) is 0. The fraction of sp³-hybridized carbons (Fsp3) is 0.235. The first-order valence-corrected chi connectivity index (χ1v) is 7.76. The highest BCUT2D eigenvalue weighted by Crippen LogP contribution is 2.53. The number of halogens is 7. The van der Waals surface area contributed by atoms with Crippen molar-refractivity contribution in [2.45, 2.75) is 24.9 Å². The van der Waals surface area contributed by atoms with Gasteiger partial charge < -0.3 is 5.21 Å². The quantitative estimate of drug-likeness (QED) is 0.321. The third-order valence-electron chi connectivity index (χ3n) is 4.42. The lowest BCUT2D eigenvalue weighted by Gasteiger charge is -2.31. The van der Waals surface area contributed by atoms with E-state index in [1.807, 2.05) is 0 Å². The monoisotopic (exact) mass is 422 g/mol. The van der Waals surface area contributed by atoms with Crippen molar-refractivity contribution in [3.63, 3.8) is 0 Å². The summed E-state index contributed by atoms with van der Waals surface area (Å²) in [5.74, 6) is -2.11. The van der Waals surface area contributed by atoms with Gasteiger partial charge in [-0.15, -0.1) is 0 Å². The molecule has 1 aliphatic heterocycles. The predicted molar refractivity (Wildman–Crippen MR) is 82.6 cm³/mol. The first-order chi connectivity index (χ1) is 13.2. The molecule has 0 atom stereocenters. The molecule has 0 spiro atoms. The average Bonchev–Trinajstić information content (AvgIpc) is 2.84. The van der Waals surface area contributed by atoms with Crippen LogP contribution in [0, 0.1) is 12.1 Å². The molecule has 0 saturated heterocycles. The Balaban J connectivity index is 2.12. The number of carbonyl (C=O) groups is 2. The van der Waals surface area contributed by atoms with Crippen molar-refractivity contribution < 1.29 is 45.1 Å². The summed E-state index contributed by atoms with van der Waals surface area (Å²) in [5.41, 5.74) is -9.04. The minimum atomic E-state index is -6.30. The van der Waals surface area contributed by atoms with Gasteiger partial charge in [0.2, 0.25) is 0 Å². The largest absolute Gasteiger partial charge is 0.618 e. The Hall–Kier alpha value is -3.18. The summed E-state index contributed by atoms with van der Waals surface area (Å²) in [6.07, 6.45) is -11.7. The SMILES string of the molecule is Cc1cc(C(F)(C(F)(F)F)C(F)(F)F)ccc1N1C(=O)c2ccc[n+]([O-])c2C1=O. The zero-order valence-electron chi connectivity index (χ0n) is 14.2. The van der Waals surface area contributed by atoms with Gasteiger partial charge in [0.25, 0.3) is 11.6 Å². The fourth-order valence-electron chi connectivity index (χ4n) is 3.02. The zero-order valence-corrected chi connectivity index (χ0v) is 14.2. The molecule has 0 N–H and O–H groups in total. The van der Waals surface area contributed by atoms with E-state index in [-0.39, 0.29) is 28.1 Å². The number of benzene rings is 1. The number of hydrogen-bond acceptors (Lipinski definition) is 3. The number of anilines is 1. The molecule has 2 aromatic rings. The van der Waals surface area contributed by atoms with E-state index < -0.39 is 46.7 Å². The maximum Gasteiger partial charge on any atom is 0.435 e. The van der Waals surface area contributed by atoms with Gasteiger partial charge in [0.05, 0.1) is 5.69 Å². The molecule has 1 aromatic carbocycles. The molecule has 3 rings (SSSR count). The van der Waals surface area contributed by atoms with Gasteiger partial charge in [0.15, 0.2) is 6.20 Å². The van der Waals surface area contributed by atoms with Crippen LogP contribution < -0.4 is 9.63 Å². The molecule has 154 valence electrons. The normalized spacial score (nSPS) is 15.1. The van der Waals surface area contributed by atoms with Crippen LogP contribution in [0.15, 0.2) is 36.5 Å². The van der Waals surface area contributed by atoms with Crippen LogP contribution in [0.3, 0.4) is 0 Å². The number of alkyl halides is 7. The van der Waals surface area contributed by atoms with Gasteiger partial charge in [-0.3, -0.25) is 9.59 Å². The lowest BCUT2D eigenvalue weighted by molar-refractivity contribution is -0.607. The number of fused-ring (bicyclic) bond motifs is 1. The Labute approximate surface area is 157 Å². The first-order valence-electron chi connectivity index (χ1n) is 7.76. The Morgan fingerprint density at radius 3 is 2.00 bits per heavy atom. The number of carbonyl (C=O) groups excluding carboxylic acids is 2. The maximum absolute atomic E-state index is 14.2. The lowest BCUT2D eigenvalue weighted by atomic mass is 9.92. The van der Waals surface area contributed by atoms with Gasteiger partial charge in [0, 0.05) is 11.6 Å². The number of pyridine rings is 1. The van der Waals surface area contributed by atoms with Gasteiger partial charge in [-0.05, 0) is 24.6 Å². The number of imide groups is 1. The highest BCUT2D eigenvalue weighted by molar-refractivity contribution is 6.33. The van der Waals surface area contributed by atoms with E-state index >= 15 is 0 Å². The van der Waals surface area contributed by atoms with E-state index in [0.717, 1.165) is 19.2 Å². The van der Waals surface area contributed by atoms with Crippen LogP contribution in [0.5, 0.6) is 0 Å². The number of hydrogen-bond donors (Lipinski definition) is 0. The van der Waals surface area contributed by atoms with Gasteiger partial charge in [-0.25, -0.2) is 9.29 Å². The fourth-order valence-corrected chi connectivity index (χ4v) is 3.02. The van der Waals surface area contributed by atoms with Crippen LogP contribution in [-0.4, -0.2) is 24.2 Å². The van der Waals surface area contributed by atoms with Gasteiger partial charge in [-0.1, -0.05) is 12.1 Å². The van der Waals surface area contributed by atoms with E-state index in [9.17, 15) is 45.5 Å². The number of nitrogens with zero attached hydrogens (tertiary/aromatic N) is 2. The number of rotatable bonds is 2. The van der Waals surface area contributed by atoms with E-state index in [2.05, 4.69) is 0 Å². The molecule has 5 nitrogen and oxygen atoms in total. The van der Waals surface area contributed by atoms with Crippen molar-refractivity contribution in [1.82, 2.24) is 0 Å². The molecular formula is C17H9F7N2O3. The molecule has 1 aromatic heterocycles. The maximum atomic E-state index is 14.2. The summed E-state index contributed by atoms with van der Waals surface area (Å²) in [4.78, 5) is 25.3. The third-order valence-corrected chi connectivity index (χ3v) is 4.42. The van der Waals surface area contributed by atoms with E-state index in [1.54, 1.807) is 0 Å². The standard InChI is InChI=1S/C17H9F7N2O3/c1-8-7-9(15(18,16(19,20)21)17(22,23)24)4-5-11(8)26-13(27)10-3-2-6-25(29)12(10)14(26)28/h2-7H,1H3. The Bertz CT molecular complexity index is 1020. The molecule has 0 fully saturated rings. The van der Waals surface area contributed by atoms with Crippen molar-refractivity contribution in [2.24, 2.45) is 0 Å². The van der Waals surface area contributed by atoms with Crippen LogP contribution >= 0.6 is 0 Å². The van der Waals surface area contributed by atoms with Crippen LogP contribution in [0.1, 0.15) is 32.0 Å². The number of amides is 2. The summed E-state index contributed by atoms with van der Waals surface area (Å²) in [5, 5.41) is 11.8. The lowest BCUT2D eigenvalue weighted by Crippen LogP contribution is -2.50. The first kappa shape index (κ1) is 20.6. The van der Waals surface area contributed by atoms with E-state index in [1.165, 1.54) is 6.07 Å². The number of aryl methyl sites for hydroxylation is 1. The second-order valence-corrected chi connectivity index (χ2v) is 6.20. The van der Waals surface area contributed by atoms with Crippen LogP contribution in [-0.2, 0) is 5.67 Å². The minimum absolute atomic E-state index is 0.110. The van der Waals surface area contributed by atoms with Crippen LogP contribution in [0.4, 0.5) is 36.4 Å². The topological polar surface area (TPSA) is 64.3 Å². The molecular weight excluding hydrogens is 413 g/mol. The minimum Gasteiger partial charge on any atom is -0.618 e. The van der Waals surface area contributed by atoms with Gasteiger partial charge >= 0.3 is 23.9 Å². The Kier molecular flexibility index (Phi) is 4.36. The highest BCUT2D eigenvalue weighted by Gasteiger charge is 2.73. The second-order valence-electron chi connectivity index (χ2n) is 6.20. The van der Waals surface area contributed by atoms with Gasteiger partial charge in [-0.2, -0.15) is 31.1 Å². The van der Waals surface area contributed by atoms with Crippen molar-refractivity contribution in [1.29, 1.82) is 0 Å². The molecule has 0 unspecified atom stereocenters. The van der Waals surface area contributed by atoms with Crippen molar-refractivity contribution >= 4 is 17.5 Å².